The molecule has 0 radical (unpaired) electrons. The van der Waals surface area contributed by atoms with Crippen LogP contribution in [0.3, 0.4) is 0 Å². The molecule has 224 valence electrons. The molecular formula is C26H21N3O14. The number of rotatable bonds is 9. The molecule has 0 aliphatic heterocycles. The van der Waals surface area contributed by atoms with E-state index in [1.807, 2.05) is 5.32 Å². The zero-order valence-corrected chi connectivity index (χ0v) is 21.9. The van der Waals surface area contributed by atoms with Crippen LogP contribution in [0, 0.1) is 6.92 Å². The number of hydrogen-bond acceptors (Lipinski definition) is 12. The SMILES string of the molecule is Cc1[nH]c2cc(=O)c(O)cn2c(=O)c1-c1coc2cc(O)c(O)c(C(=O)OCC(=O)NC(CCC(=O)O)C(=O)O)c2c1=O. The predicted octanol–water partition coefficient (Wildman–Crippen LogP) is -0.223. The molecule has 0 bridgehead atoms. The molecule has 1 unspecified atom stereocenters. The zero-order chi connectivity index (χ0) is 31.7. The number of benzene rings is 1. The molecule has 17 nitrogen and oxygen atoms in total. The van der Waals surface area contributed by atoms with Crippen molar-refractivity contribution in [3.63, 3.8) is 0 Å². The first-order valence-electron chi connectivity index (χ1n) is 12.1. The third-order valence-corrected chi connectivity index (χ3v) is 6.26. The molecule has 43 heavy (non-hydrogen) atoms. The van der Waals surface area contributed by atoms with Crippen molar-refractivity contribution >= 4 is 40.4 Å². The number of ether oxygens (including phenoxy) is 1. The quantitative estimate of drug-likeness (QED) is 0.0968. The average Bonchev–Trinajstić information content (AvgIpc) is 2.93. The Morgan fingerprint density at radius 3 is 2.42 bits per heavy atom. The highest BCUT2D eigenvalue weighted by Crippen LogP contribution is 2.36. The number of nitrogens with one attached hydrogen (secondary N) is 2. The molecule has 0 saturated heterocycles. The number of amides is 1. The monoisotopic (exact) mass is 599 g/mol. The summed E-state index contributed by atoms with van der Waals surface area (Å²) in [7, 11) is 0. The molecule has 17 heteroatoms. The number of fused-ring (bicyclic) bond motifs is 2. The van der Waals surface area contributed by atoms with E-state index in [2.05, 4.69) is 4.98 Å². The highest BCUT2D eigenvalue weighted by atomic mass is 16.5. The van der Waals surface area contributed by atoms with Gasteiger partial charge in [0.15, 0.2) is 23.9 Å². The minimum absolute atomic E-state index is 0.0163. The number of H-pyrrole nitrogens is 1. The van der Waals surface area contributed by atoms with E-state index in [4.69, 9.17) is 14.3 Å². The smallest absolute Gasteiger partial charge is 0.343 e. The summed E-state index contributed by atoms with van der Waals surface area (Å²) in [5, 5.41) is 49.6. The summed E-state index contributed by atoms with van der Waals surface area (Å²) in [5.74, 6) is -8.37. The van der Waals surface area contributed by atoms with Crippen molar-refractivity contribution in [3.8, 4) is 28.4 Å². The molecule has 3 aromatic heterocycles. The first-order chi connectivity index (χ1) is 20.2. The number of nitrogens with zero attached hydrogens (tertiary/aromatic N) is 1. The van der Waals surface area contributed by atoms with Gasteiger partial charge in [0.05, 0.1) is 22.7 Å². The van der Waals surface area contributed by atoms with Crippen molar-refractivity contribution in [2.24, 2.45) is 0 Å². The number of aliphatic carboxylic acids is 2. The number of aromatic nitrogens is 2. The molecule has 0 aliphatic carbocycles. The van der Waals surface area contributed by atoms with Gasteiger partial charge in [-0.1, -0.05) is 0 Å². The van der Waals surface area contributed by atoms with Crippen LogP contribution >= 0.6 is 0 Å². The van der Waals surface area contributed by atoms with Crippen LogP contribution in [-0.2, 0) is 19.1 Å². The van der Waals surface area contributed by atoms with Crippen molar-refractivity contribution in [1.82, 2.24) is 14.7 Å². The van der Waals surface area contributed by atoms with Gasteiger partial charge in [-0.2, -0.15) is 0 Å². The normalized spacial score (nSPS) is 11.7. The number of carbonyl (C=O) groups is 4. The number of hydrogen-bond donors (Lipinski definition) is 7. The van der Waals surface area contributed by atoms with E-state index in [1.165, 1.54) is 6.92 Å². The Hall–Kier alpha value is -6.13. The topological polar surface area (TPSA) is 275 Å². The van der Waals surface area contributed by atoms with Crippen LogP contribution in [0.25, 0.3) is 27.7 Å². The summed E-state index contributed by atoms with van der Waals surface area (Å²) in [4.78, 5) is 88.7. The van der Waals surface area contributed by atoms with Crippen molar-refractivity contribution in [2.75, 3.05) is 6.61 Å². The highest BCUT2D eigenvalue weighted by molar-refractivity contribution is 6.08. The maximum Gasteiger partial charge on any atom is 0.343 e. The average molecular weight is 599 g/mol. The van der Waals surface area contributed by atoms with E-state index in [0.29, 0.717) is 0 Å². The first kappa shape index (κ1) is 29.8. The third-order valence-electron chi connectivity index (χ3n) is 6.26. The standard InChI is InChI=1S/C26H21N3O14/c1-9-19(24(38)29-6-14(32)12(30)5-16(29)27-9)10-7-42-15-4-13(31)23(37)21(20(15)22(10)36)26(41)43-8-17(33)28-11(25(39)40)2-3-18(34)35/h4-7,11,27,31-32,37H,2-3,8H2,1H3,(H,28,33)(H,34,35)(H,39,40). The number of phenols is 2. The van der Waals surface area contributed by atoms with Gasteiger partial charge in [-0.15, -0.1) is 0 Å². The minimum Gasteiger partial charge on any atom is -0.504 e. The lowest BCUT2D eigenvalue weighted by Crippen LogP contribution is -2.43. The lowest BCUT2D eigenvalue weighted by molar-refractivity contribution is -0.143. The molecule has 0 fully saturated rings. The van der Waals surface area contributed by atoms with Crippen molar-refractivity contribution in [1.29, 1.82) is 0 Å². The molecule has 1 aromatic carbocycles. The lowest BCUT2D eigenvalue weighted by Gasteiger charge is -2.14. The number of carboxylic acid groups (broad SMARTS) is 2. The Morgan fingerprint density at radius 2 is 1.77 bits per heavy atom. The van der Waals surface area contributed by atoms with E-state index >= 15 is 0 Å². The Labute approximate surface area is 236 Å². The van der Waals surface area contributed by atoms with Gasteiger partial charge in [-0.3, -0.25) is 28.4 Å². The van der Waals surface area contributed by atoms with E-state index in [9.17, 15) is 54.0 Å². The maximum atomic E-state index is 13.7. The zero-order valence-electron chi connectivity index (χ0n) is 21.9. The summed E-state index contributed by atoms with van der Waals surface area (Å²) in [6.07, 6.45) is 0.613. The Balaban J connectivity index is 1.76. The van der Waals surface area contributed by atoms with Crippen LogP contribution in [0.2, 0.25) is 0 Å². The summed E-state index contributed by atoms with van der Waals surface area (Å²) in [6, 6.07) is 0.126. The minimum atomic E-state index is -1.63. The number of aromatic amines is 1. The van der Waals surface area contributed by atoms with Crippen molar-refractivity contribution in [2.45, 2.75) is 25.8 Å². The van der Waals surface area contributed by atoms with E-state index in [-0.39, 0.29) is 16.9 Å². The molecule has 0 spiro atoms. The van der Waals surface area contributed by atoms with Gasteiger partial charge in [0.1, 0.15) is 29.1 Å². The fourth-order valence-corrected chi connectivity index (χ4v) is 4.24. The summed E-state index contributed by atoms with van der Waals surface area (Å²) >= 11 is 0. The van der Waals surface area contributed by atoms with Gasteiger partial charge in [0, 0.05) is 24.2 Å². The number of aryl methyl sites for hydroxylation is 1. The second-order valence-electron chi connectivity index (χ2n) is 9.15. The van der Waals surface area contributed by atoms with E-state index in [0.717, 1.165) is 29.0 Å². The Bertz CT molecular complexity index is 2020. The number of aromatic hydroxyl groups is 3. The molecule has 3 heterocycles. The van der Waals surface area contributed by atoms with Gasteiger partial charge in [-0.25, -0.2) is 9.59 Å². The first-order valence-corrected chi connectivity index (χ1v) is 12.1. The third kappa shape index (κ3) is 5.71. The molecule has 0 saturated carbocycles. The van der Waals surface area contributed by atoms with E-state index < -0.39 is 105 Å². The molecule has 0 aliphatic rings. The molecular weight excluding hydrogens is 578 g/mol. The highest BCUT2D eigenvalue weighted by Gasteiger charge is 2.28. The second-order valence-corrected chi connectivity index (χ2v) is 9.15. The summed E-state index contributed by atoms with van der Waals surface area (Å²) in [5.41, 5.74) is -4.80. The van der Waals surface area contributed by atoms with Gasteiger partial charge < -0.3 is 45.0 Å². The fourth-order valence-electron chi connectivity index (χ4n) is 4.24. The van der Waals surface area contributed by atoms with Crippen LogP contribution in [0.1, 0.15) is 28.9 Å². The van der Waals surface area contributed by atoms with E-state index in [1.54, 1.807) is 0 Å². The second kappa shape index (κ2) is 11.4. The number of carboxylic acids is 2. The number of phenolic OH excluding ortho intramolecular Hbond substituents is 2. The summed E-state index contributed by atoms with van der Waals surface area (Å²) in [6.45, 7) is 0.253. The lowest BCUT2D eigenvalue weighted by atomic mass is 10.0. The molecule has 4 rings (SSSR count). The van der Waals surface area contributed by atoms with Gasteiger partial charge in [0.25, 0.3) is 11.5 Å². The Morgan fingerprint density at radius 1 is 1.07 bits per heavy atom. The largest absolute Gasteiger partial charge is 0.504 e. The summed E-state index contributed by atoms with van der Waals surface area (Å²) < 4.78 is 11.1. The molecule has 7 N–H and O–H groups in total. The maximum absolute atomic E-state index is 13.7. The number of pyridine rings is 1. The van der Waals surface area contributed by atoms with Crippen LogP contribution in [0.5, 0.6) is 17.2 Å². The van der Waals surface area contributed by atoms with Crippen LogP contribution in [0.15, 0.2) is 43.4 Å². The fraction of sp³-hybridized carbons (Fsp3) is 0.192. The van der Waals surface area contributed by atoms with Crippen LogP contribution in [0.4, 0.5) is 0 Å². The van der Waals surface area contributed by atoms with Crippen molar-refractivity contribution in [3.05, 3.63) is 66.7 Å². The molecule has 1 amide bonds. The Kier molecular flexibility index (Phi) is 7.91. The molecule has 1 atom stereocenters. The number of carbonyl (C=O) groups excluding carboxylic acids is 2. The van der Waals surface area contributed by atoms with Crippen molar-refractivity contribution < 1.29 is 53.9 Å². The number of esters is 1. The van der Waals surface area contributed by atoms with Crippen LogP contribution in [-0.4, -0.2) is 71.4 Å². The van der Waals surface area contributed by atoms with Gasteiger partial charge >= 0.3 is 17.9 Å². The van der Waals surface area contributed by atoms with Crippen LogP contribution < -0.4 is 21.7 Å². The molecule has 4 aromatic rings. The van der Waals surface area contributed by atoms with Gasteiger partial charge in [-0.05, 0) is 13.3 Å². The van der Waals surface area contributed by atoms with Gasteiger partial charge in [0.2, 0.25) is 10.9 Å². The predicted molar refractivity (Wildman–Crippen MR) is 142 cm³/mol.